The van der Waals surface area contributed by atoms with E-state index in [-0.39, 0.29) is 18.2 Å². The number of hydrazine groups is 1. The Hall–Kier alpha value is -2.30. The molecule has 0 unspecified atom stereocenters. The molecule has 0 spiro atoms. The number of aromatic amines is 1. The molecule has 1 aromatic heterocycles. The number of fused-ring (bicyclic) bond motifs is 1. The van der Waals surface area contributed by atoms with Gasteiger partial charge in [-0.3, -0.25) is 20.4 Å². The SMILES string of the molecule is CCCCC(=O)NNC(=O)Cc1c[nH]c2ccccc12. The van der Waals surface area contributed by atoms with E-state index in [4.69, 9.17) is 0 Å². The largest absolute Gasteiger partial charge is 0.361 e. The maximum atomic E-state index is 11.8. The van der Waals surface area contributed by atoms with Crippen LogP contribution in [0.2, 0.25) is 0 Å². The van der Waals surface area contributed by atoms with Crippen LogP contribution in [0, 0.1) is 0 Å². The fourth-order valence-electron chi connectivity index (χ4n) is 2.03. The lowest BCUT2D eigenvalue weighted by atomic mass is 10.1. The molecule has 0 saturated heterocycles. The minimum absolute atomic E-state index is 0.154. The number of hydrogen-bond acceptors (Lipinski definition) is 2. The molecule has 1 aromatic carbocycles. The van der Waals surface area contributed by atoms with Crippen molar-refractivity contribution in [2.45, 2.75) is 32.6 Å². The number of amides is 2. The zero-order valence-electron chi connectivity index (χ0n) is 11.5. The molecule has 2 rings (SSSR count). The lowest BCUT2D eigenvalue weighted by Crippen LogP contribution is -2.42. The molecule has 2 amide bonds. The molecule has 3 N–H and O–H groups in total. The molecular formula is C15H19N3O2. The molecule has 0 saturated carbocycles. The Kier molecular flexibility index (Phi) is 4.76. The van der Waals surface area contributed by atoms with Crippen LogP contribution < -0.4 is 10.9 Å². The highest BCUT2D eigenvalue weighted by Gasteiger charge is 2.09. The molecule has 5 nitrogen and oxygen atoms in total. The van der Waals surface area contributed by atoms with Gasteiger partial charge in [0.2, 0.25) is 11.8 Å². The lowest BCUT2D eigenvalue weighted by Gasteiger charge is -2.06. The minimum atomic E-state index is -0.223. The van der Waals surface area contributed by atoms with Crippen molar-refractivity contribution in [1.82, 2.24) is 15.8 Å². The Morgan fingerprint density at radius 3 is 2.70 bits per heavy atom. The van der Waals surface area contributed by atoms with Crippen molar-refractivity contribution in [2.75, 3.05) is 0 Å². The van der Waals surface area contributed by atoms with E-state index in [1.807, 2.05) is 37.4 Å². The normalized spacial score (nSPS) is 10.4. The van der Waals surface area contributed by atoms with Gasteiger partial charge in [-0.25, -0.2) is 0 Å². The summed E-state index contributed by atoms with van der Waals surface area (Å²) in [5, 5.41) is 1.03. The fraction of sp³-hybridized carbons (Fsp3) is 0.333. The summed E-state index contributed by atoms with van der Waals surface area (Å²) in [6.45, 7) is 2.02. The van der Waals surface area contributed by atoms with E-state index in [9.17, 15) is 9.59 Å². The third-order valence-electron chi connectivity index (χ3n) is 3.12. The van der Waals surface area contributed by atoms with E-state index in [0.29, 0.717) is 6.42 Å². The van der Waals surface area contributed by atoms with Crippen LogP contribution in [0.3, 0.4) is 0 Å². The number of carbonyl (C=O) groups excluding carboxylic acids is 2. The third-order valence-corrected chi connectivity index (χ3v) is 3.12. The average molecular weight is 273 g/mol. The highest BCUT2D eigenvalue weighted by molar-refractivity contribution is 5.89. The second-order valence-electron chi connectivity index (χ2n) is 4.74. The Bertz CT molecular complexity index is 604. The number of H-pyrrole nitrogens is 1. The number of benzene rings is 1. The van der Waals surface area contributed by atoms with E-state index >= 15 is 0 Å². The van der Waals surface area contributed by atoms with Crippen LogP contribution in [0.4, 0.5) is 0 Å². The lowest BCUT2D eigenvalue weighted by molar-refractivity contribution is -0.128. The third kappa shape index (κ3) is 3.60. The highest BCUT2D eigenvalue weighted by Crippen LogP contribution is 2.17. The summed E-state index contributed by atoms with van der Waals surface area (Å²) < 4.78 is 0. The fourth-order valence-corrected chi connectivity index (χ4v) is 2.03. The summed E-state index contributed by atoms with van der Waals surface area (Å²) in [4.78, 5) is 26.3. The van der Waals surface area contributed by atoms with Gasteiger partial charge >= 0.3 is 0 Å². The molecule has 2 aromatic rings. The first-order valence-electron chi connectivity index (χ1n) is 6.83. The Labute approximate surface area is 117 Å². The molecule has 0 atom stereocenters. The van der Waals surface area contributed by atoms with Gasteiger partial charge in [-0.05, 0) is 18.1 Å². The van der Waals surface area contributed by atoms with Gasteiger partial charge in [0.1, 0.15) is 0 Å². The summed E-state index contributed by atoms with van der Waals surface area (Å²) in [5.74, 6) is -0.376. The average Bonchev–Trinajstić information content (AvgIpc) is 2.86. The standard InChI is InChI=1S/C15H19N3O2/c1-2-3-8-14(19)17-18-15(20)9-11-10-16-13-7-5-4-6-12(11)13/h4-7,10,16H,2-3,8-9H2,1H3,(H,17,19)(H,18,20). The maximum absolute atomic E-state index is 11.8. The zero-order chi connectivity index (χ0) is 14.4. The van der Waals surface area contributed by atoms with Crippen molar-refractivity contribution in [1.29, 1.82) is 0 Å². The summed E-state index contributed by atoms with van der Waals surface area (Å²) >= 11 is 0. The quantitative estimate of drug-likeness (QED) is 0.729. The first-order chi connectivity index (χ1) is 9.70. The van der Waals surface area contributed by atoms with E-state index in [1.54, 1.807) is 0 Å². The summed E-state index contributed by atoms with van der Waals surface area (Å²) in [6, 6.07) is 7.80. The number of nitrogens with one attached hydrogen (secondary N) is 3. The van der Waals surface area contributed by atoms with Crippen LogP contribution >= 0.6 is 0 Å². The van der Waals surface area contributed by atoms with Crippen LogP contribution in [-0.4, -0.2) is 16.8 Å². The van der Waals surface area contributed by atoms with E-state index in [1.165, 1.54) is 0 Å². The van der Waals surface area contributed by atoms with E-state index in [0.717, 1.165) is 29.3 Å². The molecule has 0 aliphatic rings. The molecular weight excluding hydrogens is 254 g/mol. The van der Waals surface area contributed by atoms with Crippen LogP contribution in [0.25, 0.3) is 10.9 Å². The van der Waals surface area contributed by atoms with Crippen molar-refractivity contribution in [2.24, 2.45) is 0 Å². The van der Waals surface area contributed by atoms with Gasteiger partial charge in [-0.1, -0.05) is 31.5 Å². The van der Waals surface area contributed by atoms with Crippen molar-refractivity contribution in [3.63, 3.8) is 0 Å². The number of rotatable bonds is 5. The summed E-state index contributed by atoms with van der Waals surface area (Å²) in [5.41, 5.74) is 6.79. The minimum Gasteiger partial charge on any atom is -0.361 e. The van der Waals surface area contributed by atoms with Crippen molar-refractivity contribution in [3.8, 4) is 0 Å². The molecule has 0 aliphatic heterocycles. The second-order valence-corrected chi connectivity index (χ2v) is 4.74. The van der Waals surface area contributed by atoms with Gasteiger partial charge in [0.05, 0.1) is 6.42 Å². The van der Waals surface area contributed by atoms with Crippen molar-refractivity contribution >= 4 is 22.7 Å². The van der Waals surface area contributed by atoms with Crippen LogP contribution in [0.5, 0.6) is 0 Å². The Morgan fingerprint density at radius 2 is 1.90 bits per heavy atom. The van der Waals surface area contributed by atoms with Gasteiger partial charge in [-0.2, -0.15) is 0 Å². The number of carbonyl (C=O) groups is 2. The monoisotopic (exact) mass is 273 g/mol. The van der Waals surface area contributed by atoms with Gasteiger partial charge in [0.25, 0.3) is 0 Å². The highest BCUT2D eigenvalue weighted by atomic mass is 16.2. The molecule has 0 aliphatic carbocycles. The molecule has 20 heavy (non-hydrogen) atoms. The van der Waals surface area contributed by atoms with Gasteiger partial charge in [0, 0.05) is 23.5 Å². The Morgan fingerprint density at radius 1 is 1.15 bits per heavy atom. The number of unbranched alkanes of at least 4 members (excludes halogenated alkanes) is 1. The van der Waals surface area contributed by atoms with Crippen LogP contribution in [0.1, 0.15) is 31.7 Å². The second kappa shape index (κ2) is 6.75. The zero-order valence-corrected chi connectivity index (χ0v) is 11.5. The van der Waals surface area contributed by atoms with E-state index in [2.05, 4.69) is 15.8 Å². The number of aromatic nitrogens is 1. The van der Waals surface area contributed by atoms with Crippen molar-refractivity contribution in [3.05, 3.63) is 36.0 Å². The van der Waals surface area contributed by atoms with Crippen molar-refractivity contribution < 1.29 is 9.59 Å². The molecule has 0 fully saturated rings. The first kappa shape index (κ1) is 14.1. The summed E-state index contributed by atoms with van der Waals surface area (Å²) in [6.07, 6.45) is 4.27. The molecule has 106 valence electrons. The first-order valence-corrected chi connectivity index (χ1v) is 6.83. The van der Waals surface area contributed by atoms with Gasteiger partial charge in [0.15, 0.2) is 0 Å². The van der Waals surface area contributed by atoms with E-state index < -0.39 is 0 Å². The predicted molar refractivity (Wildman–Crippen MR) is 77.8 cm³/mol. The smallest absolute Gasteiger partial charge is 0.242 e. The number of para-hydroxylation sites is 1. The van der Waals surface area contributed by atoms with Crippen LogP contribution in [0.15, 0.2) is 30.5 Å². The van der Waals surface area contributed by atoms with Crippen LogP contribution in [-0.2, 0) is 16.0 Å². The molecule has 0 radical (unpaired) electrons. The predicted octanol–water partition coefficient (Wildman–Crippen LogP) is 2.05. The summed E-state index contributed by atoms with van der Waals surface area (Å²) in [7, 11) is 0. The van der Waals surface area contributed by atoms with Gasteiger partial charge in [-0.15, -0.1) is 0 Å². The maximum Gasteiger partial charge on any atom is 0.242 e. The molecule has 0 bridgehead atoms. The number of hydrogen-bond donors (Lipinski definition) is 3. The van der Waals surface area contributed by atoms with Gasteiger partial charge < -0.3 is 4.98 Å². The topological polar surface area (TPSA) is 74.0 Å². The molecule has 1 heterocycles. The molecule has 5 heteroatoms. The Balaban J connectivity index is 1.87.